The van der Waals surface area contributed by atoms with Gasteiger partial charge in [0.15, 0.2) is 0 Å². The first-order chi connectivity index (χ1) is 8.86. The molecule has 0 aromatic carbocycles. The lowest BCUT2D eigenvalue weighted by Gasteiger charge is -2.18. The fourth-order valence-electron chi connectivity index (χ4n) is 1.68. The van der Waals surface area contributed by atoms with E-state index in [9.17, 15) is 23.1 Å². The quantitative estimate of drug-likeness (QED) is 0.770. The third-order valence-electron chi connectivity index (χ3n) is 2.54. The zero-order chi connectivity index (χ0) is 14.5. The number of hydrogen-bond acceptors (Lipinski definition) is 3. The zero-order valence-corrected chi connectivity index (χ0v) is 10.6. The smallest absolute Gasteiger partial charge is 0.390 e. The van der Waals surface area contributed by atoms with Gasteiger partial charge in [-0.1, -0.05) is 13.0 Å². The van der Waals surface area contributed by atoms with Gasteiger partial charge in [-0.2, -0.15) is 13.2 Å². The van der Waals surface area contributed by atoms with Crippen molar-refractivity contribution in [3.05, 3.63) is 34.2 Å². The Morgan fingerprint density at radius 1 is 1.42 bits per heavy atom. The van der Waals surface area contributed by atoms with Gasteiger partial charge in [0, 0.05) is 12.6 Å². The predicted octanol–water partition coefficient (Wildman–Crippen LogP) is 1.23. The minimum Gasteiger partial charge on any atom is -0.390 e. The molecule has 1 aromatic heterocycles. The Morgan fingerprint density at radius 2 is 2.11 bits per heavy atom. The van der Waals surface area contributed by atoms with Crippen molar-refractivity contribution in [1.82, 2.24) is 9.88 Å². The standard InChI is InChI=1S/C12H17F3N2O2/c1-2-6-16-7-9(18)8-17-10(12(13,14)15)4-3-5-11(17)19/h3-5,9,16,18H,2,6-8H2,1H3. The Morgan fingerprint density at radius 3 is 2.68 bits per heavy atom. The molecule has 0 bridgehead atoms. The van der Waals surface area contributed by atoms with Gasteiger partial charge < -0.3 is 15.0 Å². The molecule has 1 unspecified atom stereocenters. The van der Waals surface area contributed by atoms with Crippen molar-refractivity contribution in [1.29, 1.82) is 0 Å². The van der Waals surface area contributed by atoms with Crippen LogP contribution in [0.15, 0.2) is 23.0 Å². The summed E-state index contributed by atoms with van der Waals surface area (Å²) in [6, 6.07) is 2.93. The number of hydrogen-bond donors (Lipinski definition) is 2. The molecule has 0 aliphatic carbocycles. The molecule has 2 N–H and O–H groups in total. The minimum atomic E-state index is -4.61. The highest BCUT2D eigenvalue weighted by molar-refractivity contribution is 5.10. The molecule has 0 fully saturated rings. The highest BCUT2D eigenvalue weighted by Gasteiger charge is 2.34. The number of aliphatic hydroxyl groups excluding tert-OH is 1. The van der Waals surface area contributed by atoms with Crippen molar-refractivity contribution >= 4 is 0 Å². The van der Waals surface area contributed by atoms with Gasteiger partial charge in [0.2, 0.25) is 0 Å². The average Bonchev–Trinajstić information content (AvgIpc) is 2.30. The Bertz CT molecular complexity index is 457. The second kappa shape index (κ2) is 6.72. The Hall–Kier alpha value is -1.34. The molecular weight excluding hydrogens is 261 g/mol. The normalized spacial score (nSPS) is 13.5. The lowest BCUT2D eigenvalue weighted by molar-refractivity contribution is -0.144. The summed E-state index contributed by atoms with van der Waals surface area (Å²) < 4.78 is 38.7. The highest BCUT2D eigenvalue weighted by atomic mass is 19.4. The Labute approximate surface area is 108 Å². The summed E-state index contributed by atoms with van der Waals surface area (Å²) in [5, 5.41) is 12.5. The van der Waals surface area contributed by atoms with Crippen molar-refractivity contribution in [2.45, 2.75) is 32.2 Å². The topological polar surface area (TPSA) is 54.3 Å². The van der Waals surface area contributed by atoms with Gasteiger partial charge in [-0.05, 0) is 19.0 Å². The van der Waals surface area contributed by atoms with Crippen molar-refractivity contribution in [2.75, 3.05) is 13.1 Å². The summed E-state index contributed by atoms with van der Waals surface area (Å²) in [5.41, 5.74) is -1.82. The molecule has 0 aliphatic heterocycles. The summed E-state index contributed by atoms with van der Waals surface area (Å²) in [6.45, 7) is 2.35. The van der Waals surface area contributed by atoms with Crippen LogP contribution in [-0.4, -0.2) is 28.9 Å². The first-order valence-corrected chi connectivity index (χ1v) is 6.02. The number of aliphatic hydroxyl groups is 1. The molecule has 1 heterocycles. The summed E-state index contributed by atoms with van der Waals surface area (Å²) in [6.07, 6.45) is -4.81. The fraction of sp³-hybridized carbons (Fsp3) is 0.583. The van der Waals surface area contributed by atoms with Crippen LogP contribution in [0.3, 0.4) is 0 Å². The number of rotatable bonds is 6. The SMILES string of the molecule is CCCNCC(O)Cn1c(C(F)(F)F)cccc1=O. The molecule has 0 spiro atoms. The molecule has 0 saturated heterocycles. The molecule has 4 nitrogen and oxygen atoms in total. The van der Waals surface area contributed by atoms with Gasteiger partial charge in [-0.3, -0.25) is 4.79 Å². The van der Waals surface area contributed by atoms with Crippen molar-refractivity contribution in [3.8, 4) is 0 Å². The molecular formula is C12H17F3N2O2. The number of pyridine rings is 1. The van der Waals surface area contributed by atoms with Crippen LogP contribution in [0, 0.1) is 0 Å². The van der Waals surface area contributed by atoms with E-state index in [1.54, 1.807) is 0 Å². The van der Waals surface area contributed by atoms with Gasteiger partial charge in [0.1, 0.15) is 5.69 Å². The maximum atomic E-state index is 12.7. The molecule has 0 radical (unpaired) electrons. The van der Waals surface area contributed by atoms with Gasteiger partial charge in [-0.15, -0.1) is 0 Å². The van der Waals surface area contributed by atoms with Gasteiger partial charge in [0.25, 0.3) is 5.56 Å². The van der Waals surface area contributed by atoms with E-state index in [1.165, 1.54) is 0 Å². The highest BCUT2D eigenvalue weighted by Crippen LogP contribution is 2.28. The summed E-state index contributed by atoms with van der Waals surface area (Å²) in [4.78, 5) is 11.5. The maximum Gasteiger partial charge on any atom is 0.431 e. The monoisotopic (exact) mass is 278 g/mol. The number of alkyl halides is 3. The van der Waals surface area contributed by atoms with E-state index in [4.69, 9.17) is 0 Å². The van der Waals surface area contributed by atoms with E-state index in [1.807, 2.05) is 6.92 Å². The molecule has 7 heteroatoms. The Kier molecular flexibility index (Phi) is 5.56. The van der Waals surface area contributed by atoms with Gasteiger partial charge >= 0.3 is 6.18 Å². The van der Waals surface area contributed by atoms with Crippen molar-refractivity contribution in [2.24, 2.45) is 0 Å². The van der Waals surface area contributed by atoms with Crippen LogP contribution in [0.5, 0.6) is 0 Å². The second-order valence-corrected chi connectivity index (χ2v) is 4.22. The lowest BCUT2D eigenvalue weighted by atomic mass is 10.2. The van der Waals surface area contributed by atoms with E-state index in [0.29, 0.717) is 11.1 Å². The third kappa shape index (κ3) is 4.68. The van der Waals surface area contributed by atoms with E-state index in [-0.39, 0.29) is 13.1 Å². The number of halogens is 3. The van der Waals surface area contributed by atoms with E-state index in [2.05, 4.69) is 5.32 Å². The zero-order valence-electron chi connectivity index (χ0n) is 10.6. The molecule has 1 atom stereocenters. The number of nitrogens with one attached hydrogen (secondary N) is 1. The molecule has 0 saturated carbocycles. The van der Waals surface area contributed by atoms with Gasteiger partial charge in [-0.25, -0.2) is 0 Å². The number of nitrogens with zero attached hydrogens (tertiary/aromatic N) is 1. The van der Waals surface area contributed by atoms with Gasteiger partial charge in [0.05, 0.1) is 12.6 Å². The first kappa shape index (κ1) is 15.7. The summed E-state index contributed by atoms with van der Waals surface area (Å²) in [5.74, 6) is 0. The average molecular weight is 278 g/mol. The fourth-order valence-corrected chi connectivity index (χ4v) is 1.68. The molecule has 0 amide bonds. The molecule has 19 heavy (non-hydrogen) atoms. The van der Waals surface area contributed by atoms with Crippen molar-refractivity contribution in [3.63, 3.8) is 0 Å². The van der Waals surface area contributed by atoms with Crippen LogP contribution in [0.25, 0.3) is 0 Å². The summed E-state index contributed by atoms with van der Waals surface area (Å²) >= 11 is 0. The lowest BCUT2D eigenvalue weighted by Crippen LogP contribution is -2.36. The molecule has 108 valence electrons. The van der Waals surface area contributed by atoms with E-state index < -0.39 is 23.5 Å². The van der Waals surface area contributed by atoms with Crippen LogP contribution in [0.2, 0.25) is 0 Å². The first-order valence-electron chi connectivity index (χ1n) is 6.02. The summed E-state index contributed by atoms with van der Waals surface area (Å²) in [7, 11) is 0. The predicted molar refractivity (Wildman–Crippen MR) is 64.9 cm³/mol. The van der Waals surface area contributed by atoms with E-state index in [0.717, 1.165) is 24.6 Å². The van der Waals surface area contributed by atoms with Crippen LogP contribution in [0.1, 0.15) is 19.0 Å². The molecule has 1 aromatic rings. The Balaban J connectivity index is 2.85. The molecule has 0 aliphatic rings. The number of aromatic nitrogens is 1. The maximum absolute atomic E-state index is 12.7. The third-order valence-corrected chi connectivity index (χ3v) is 2.54. The van der Waals surface area contributed by atoms with Crippen LogP contribution >= 0.6 is 0 Å². The largest absolute Gasteiger partial charge is 0.431 e. The second-order valence-electron chi connectivity index (χ2n) is 4.22. The van der Waals surface area contributed by atoms with Crippen molar-refractivity contribution < 1.29 is 18.3 Å². The van der Waals surface area contributed by atoms with Crippen LogP contribution in [0.4, 0.5) is 13.2 Å². The molecule has 1 rings (SSSR count). The van der Waals surface area contributed by atoms with Crippen LogP contribution < -0.4 is 10.9 Å². The van der Waals surface area contributed by atoms with E-state index >= 15 is 0 Å². The minimum absolute atomic E-state index is 0.145. The van der Waals surface area contributed by atoms with Crippen LogP contribution in [-0.2, 0) is 12.7 Å².